The molecule has 3 N–H and O–H groups in total. The fraction of sp³-hybridized carbons (Fsp3) is 0.103. The van der Waals surface area contributed by atoms with E-state index in [0.717, 1.165) is 44.3 Å². The van der Waals surface area contributed by atoms with Crippen LogP contribution >= 0.6 is 0 Å². The number of hydrogen-bond donors (Lipinski definition) is 2. The third kappa shape index (κ3) is 4.78. The van der Waals surface area contributed by atoms with E-state index in [4.69, 9.17) is 14.9 Å². The van der Waals surface area contributed by atoms with Gasteiger partial charge in [-0.15, -0.1) is 0 Å². The number of rotatable bonds is 8. The minimum atomic E-state index is -0.903. The van der Waals surface area contributed by atoms with E-state index >= 15 is 0 Å². The minimum Gasteiger partial charge on any atom is -0.488 e. The van der Waals surface area contributed by atoms with Crippen molar-refractivity contribution in [2.24, 2.45) is 5.73 Å². The third-order valence-electron chi connectivity index (χ3n) is 5.92. The zero-order valence-electron chi connectivity index (χ0n) is 19.0. The molecule has 0 bridgehead atoms. The van der Waals surface area contributed by atoms with Gasteiger partial charge in [0.25, 0.3) is 0 Å². The van der Waals surface area contributed by atoms with Crippen LogP contribution in [0, 0.1) is 0 Å². The summed E-state index contributed by atoms with van der Waals surface area (Å²) < 4.78 is 12.1. The molecular formula is C29H24N2O4. The number of nitrogens with two attached hydrogens (primary N) is 1. The lowest BCUT2D eigenvalue weighted by Crippen LogP contribution is -2.04. The van der Waals surface area contributed by atoms with Crippen LogP contribution in [0.15, 0.2) is 95.9 Å². The van der Waals surface area contributed by atoms with E-state index in [0.29, 0.717) is 17.9 Å². The van der Waals surface area contributed by atoms with E-state index in [9.17, 15) is 9.90 Å². The summed E-state index contributed by atoms with van der Waals surface area (Å²) in [6, 6.07) is 23.4. The van der Waals surface area contributed by atoms with Crippen molar-refractivity contribution >= 4 is 16.9 Å². The van der Waals surface area contributed by atoms with Crippen LogP contribution in [0.1, 0.15) is 16.7 Å². The Bertz CT molecular complexity index is 1490. The molecule has 0 atom stereocenters. The van der Waals surface area contributed by atoms with Gasteiger partial charge in [-0.2, -0.15) is 0 Å². The van der Waals surface area contributed by atoms with Crippen molar-refractivity contribution in [3.8, 4) is 28.0 Å². The van der Waals surface area contributed by atoms with Crippen LogP contribution in [0.25, 0.3) is 33.2 Å². The standard InChI is InChI=1S/C29H24N2O4/c30-15-19-5-3-7-20(11-19)23-12-25(22-8-4-10-31-16-22)29-26(13-23)24(18-35-29)17-34-27-9-2-1-6-21(27)14-28(32)33/h1-13,16,18H,14-15,17,30H2,(H,32,33). The summed E-state index contributed by atoms with van der Waals surface area (Å²) in [5.74, 6) is -0.358. The van der Waals surface area contributed by atoms with E-state index in [-0.39, 0.29) is 13.0 Å². The monoisotopic (exact) mass is 464 g/mol. The molecule has 2 heterocycles. The summed E-state index contributed by atoms with van der Waals surface area (Å²) in [5.41, 5.74) is 13.1. The molecule has 6 heteroatoms. The van der Waals surface area contributed by atoms with Crippen LogP contribution in [0.5, 0.6) is 5.75 Å². The Hall–Kier alpha value is -4.42. The van der Waals surface area contributed by atoms with Gasteiger partial charge in [0.1, 0.15) is 17.9 Å². The number of nitrogens with zero attached hydrogens (tertiary/aromatic N) is 1. The van der Waals surface area contributed by atoms with Gasteiger partial charge in [-0.1, -0.05) is 42.5 Å². The van der Waals surface area contributed by atoms with Crippen LogP contribution in [0.2, 0.25) is 0 Å². The smallest absolute Gasteiger partial charge is 0.307 e. The number of ether oxygens (including phenoxy) is 1. The summed E-state index contributed by atoms with van der Waals surface area (Å²) in [4.78, 5) is 15.5. The fourth-order valence-electron chi connectivity index (χ4n) is 4.19. The SMILES string of the molecule is NCc1cccc(-c2cc(-c3cccnc3)c3occ(COc4ccccc4CC(=O)O)c3c2)c1. The quantitative estimate of drug-likeness (QED) is 0.300. The van der Waals surface area contributed by atoms with Crippen molar-refractivity contribution in [2.45, 2.75) is 19.6 Å². The molecule has 5 aromatic rings. The highest BCUT2D eigenvalue weighted by molar-refractivity contribution is 5.98. The van der Waals surface area contributed by atoms with Gasteiger partial charge in [-0.05, 0) is 47.0 Å². The molecule has 0 amide bonds. The lowest BCUT2D eigenvalue weighted by Gasteiger charge is -2.11. The number of furan rings is 1. The molecule has 0 radical (unpaired) electrons. The molecule has 174 valence electrons. The van der Waals surface area contributed by atoms with Gasteiger partial charge < -0.3 is 20.0 Å². The summed E-state index contributed by atoms with van der Waals surface area (Å²) >= 11 is 0. The van der Waals surface area contributed by atoms with Crippen molar-refractivity contribution in [2.75, 3.05) is 0 Å². The first-order valence-corrected chi connectivity index (χ1v) is 11.3. The Morgan fingerprint density at radius 2 is 1.80 bits per heavy atom. The Morgan fingerprint density at radius 1 is 0.943 bits per heavy atom. The molecule has 6 nitrogen and oxygen atoms in total. The maximum atomic E-state index is 11.2. The Labute approximate surface area is 202 Å². The molecule has 0 unspecified atom stereocenters. The van der Waals surface area contributed by atoms with Crippen LogP contribution in [0.4, 0.5) is 0 Å². The van der Waals surface area contributed by atoms with Crippen molar-refractivity contribution in [3.63, 3.8) is 0 Å². The molecule has 3 aromatic carbocycles. The van der Waals surface area contributed by atoms with E-state index in [2.05, 4.69) is 29.2 Å². The molecule has 0 saturated carbocycles. The second-order valence-corrected chi connectivity index (χ2v) is 8.27. The average molecular weight is 465 g/mol. The molecule has 0 fully saturated rings. The number of carbonyl (C=O) groups is 1. The van der Waals surface area contributed by atoms with Crippen LogP contribution < -0.4 is 10.5 Å². The van der Waals surface area contributed by atoms with Crippen molar-refractivity contribution in [3.05, 3.63) is 108 Å². The van der Waals surface area contributed by atoms with E-state index in [1.54, 1.807) is 30.7 Å². The predicted octanol–water partition coefficient (Wildman–Crippen LogP) is 5.83. The summed E-state index contributed by atoms with van der Waals surface area (Å²) in [6.45, 7) is 0.703. The maximum Gasteiger partial charge on any atom is 0.307 e. The summed E-state index contributed by atoms with van der Waals surface area (Å²) in [5, 5.41) is 10.1. The number of benzene rings is 3. The first kappa shape index (κ1) is 22.4. The van der Waals surface area contributed by atoms with E-state index in [1.165, 1.54) is 0 Å². The predicted molar refractivity (Wildman–Crippen MR) is 135 cm³/mol. The van der Waals surface area contributed by atoms with Gasteiger partial charge in [-0.25, -0.2) is 0 Å². The Balaban J connectivity index is 1.58. The lowest BCUT2D eigenvalue weighted by atomic mass is 9.95. The first-order valence-electron chi connectivity index (χ1n) is 11.3. The molecule has 0 saturated heterocycles. The maximum absolute atomic E-state index is 11.2. The number of pyridine rings is 1. The van der Waals surface area contributed by atoms with Gasteiger partial charge >= 0.3 is 5.97 Å². The average Bonchev–Trinajstić information content (AvgIpc) is 3.31. The molecule has 0 aliphatic carbocycles. The van der Waals surface area contributed by atoms with E-state index in [1.807, 2.05) is 36.5 Å². The zero-order chi connectivity index (χ0) is 24.2. The molecule has 0 spiro atoms. The van der Waals surface area contributed by atoms with Crippen molar-refractivity contribution in [1.82, 2.24) is 4.98 Å². The number of hydrogen-bond acceptors (Lipinski definition) is 5. The van der Waals surface area contributed by atoms with Gasteiger partial charge in [-0.3, -0.25) is 9.78 Å². The van der Waals surface area contributed by atoms with E-state index < -0.39 is 5.97 Å². The topological polar surface area (TPSA) is 98.6 Å². The van der Waals surface area contributed by atoms with Crippen molar-refractivity contribution < 1.29 is 19.1 Å². The second-order valence-electron chi connectivity index (χ2n) is 8.27. The number of aromatic nitrogens is 1. The molecule has 0 aliphatic heterocycles. The number of para-hydroxylation sites is 1. The zero-order valence-corrected chi connectivity index (χ0v) is 19.0. The fourth-order valence-corrected chi connectivity index (χ4v) is 4.19. The Morgan fingerprint density at radius 3 is 2.60 bits per heavy atom. The van der Waals surface area contributed by atoms with Crippen LogP contribution in [-0.4, -0.2) is 16.1 Å². The molecular weight excluding hydrogens is 440 g/mol. The third-order valence-corrected chi connectivity index (χ3v) is 5.92. The molecule has 2 aromatic heterocycles. The summed E-state index contributed by atoms with van der Waals surface area (Å²) in [7, 11) is 0. The van der Waals surface area contributed by atoms with Gasteiger partial charge in [0, 0.05) is 46.6 Å². The number of aliphatic carboxylic acids is 1. The van der Waals surface area contributed by atoms with Gasteiger partial charge in [0.2, 0.25) is 0 Å². The second kappa shape index (κ2) is 9.83. The van der Waals surface area contributed by atoms with Crippen LogP contribution in [-0.2, 0) is 24.4 Å². The number of carboxylic acid groups (broad SMARTS) is 1. The molecule has 5 rings (SSSR count). The minimum absolute atomic E-state index is 0.102. The first-order chi connectivity index (χ1) is 17.1. The lowest BCUT2D eigenvalue weighted by molar-refractivity contribution is -0.136. The van der Waals surface area contributed by atoms with Gasteiger partial charge in [0.15, 0.2) is 0 Å². The summed E-state index contributed by atoms with van der Waals surface area (Å²) in [6.07, 6.45) is 5.15. The number of carboxylic acids is 1. The number of fused-ring (bicyclic) bond motifs is 1. The molecule has 35 heavy (non-hydrogen) atoms. The largest absolute Gasteiger partial charge is 0.488 e. The van der Waals surface area contributed by atoms with Gasteiger partial charge in [0.05, 0.1) is 12.7 Å². The van der Waals surface area contributed by atoms with Crippen molar-refractivity contribution in [1.29, 1.82) is 0 Å². The Kier molecular flexibility index (Phi) is 6.28. The molecule has 0 aliphatic rings. The highest BCUT2D eigenvalue weighted by Gasteiger charge is 2.16. The normalized spacial score (nSPS) is 11.0. The highest BCUT2D eigenvalue weighted by atomic mass is 16.5. The van der Waals surface area contributed by atoms with Crippen LogP contribution in [0.3, 0.4) is 0 Å². The highest BCUT2D eigenvalue weighted by Crippen LogP contribution is 2.37.